The van der Waals surface area contributed by atoms with E-state index < -0.39 is 5.91 Å². The number of ether oxygens (including phenoxy) is 1. The Morgan fingerprint density at radius 1 is 1.33 bits per heavy atom. The molecule has 0 atom stereocenters. The summed E-state index contributed by atoms with van der Waals surface area (Å²) in [6.45, 7) is 3.90. The zero-order chi connectivity index (χ0) is 15.4. The Kier molecular flexibility index (Phi) is 4.42. The Bertz CT molecular complexity index is 671. The van der Waals surface area contributed by atoms with Crippen LogP contribution in [0.5, 0.6) is 5.75 Å². The average Bonchev–Trinajstić information content (AvgIpc) is 2.43. The van der Waals surface area contributed by atoms with Gasteiger partial charge in [-0.2, -0.15) is 0 Å². The van der Waals surface area contributed by atoms with Gasteiger partial charge in [0.25, 0.3) is 5.91 Å². The van der Waals surface area contributed by atoms with Gasteiger partial charge in [0.15, 0.2) is 0 Å². The lowest BCUT2D eigenvalue weighted by Crippen LogP contribution is -2.16. The summed E-state index contributed by atoms with van der Waals surface area (Å²) in [6, 6.07) is 9.51. The maximum atomic E-state index is 13.5. The highest BCUT2D eigenvalue weighted by atomic mass is 19.1. The molecule has 110 valence electrons. The summed E-state index contributed by atoms with van der Waals surface area (Å²) in [5, 5.41) is 2.63. The fraction of sp³-hybridized carbons (Fsp3) is 0.188. The first-order valence-corrected chi connectivity index (χ1v) is 6.61. The van der Waals surface area contributed by atoms with Gasteiger partial charge in [0, 0.05) is 11.4 Å². The van der Waals surface area contributed by atoms with Crippen molar-refractivity contribution in [3.63, 3.8) is 0 Å². The molecule has 0 bridgehead atoms. The summed E-state index contributed by atoms with van der Waals surface area (Å²) >= 11 is 0. The predicted molar refractivity (Wildman–Crippen MR) is 81.1 cm³/mol. The highest BCUT2D eigenvalue weighted by Gasteiger charge is 2.16. The first kappa shape index (κ1) is 14.8. The minimum absolute atomic E-state index is 0.250. The van der Waals surface area contributed by atoms with Gasteiger partial charge in [0.1, 0.15) is 17.1 Å². The van der Waals surface area contributed by atoms with Crippen LogP contribution in [0.15, 0.2) is 36.4 Å². The molecule has 2 aromatic rings. The lowest BCUT2D eigenvalue weighted by Gasteiger charge is -2.13. The topological polar surface area (TPSA) is 64.3 Å². The van der Waals surface area contributed by atoms with Crippen molar-refractivity contribution < 1.29 is 13.9 Å². The monoisotopic (exact) mass is 288 g/mol. The number of hydrogen-bond acceptors (Lipinski definition) is 3. The molecule has 4 nitrogen and oxygen atoms in total. The van der Waals surface area contributed by atoms with Gasteiger partial charge in [-0.05, 0) is 43.7 Å². The molecule has 0 aliphatic heterocycles. The van der Waals surface area contributed by atoms with Crippen LogP contribution in [0.4, 0.5) is 15.8 Å². The van der Waals surface area contributed by atoms with Crippen molar-refractivity contribution >= 4 is 17.3 Å². The molecule has 0 aliphatic rings. The number of benzene rings is 2. The summed E-state index contributed by atoms with van der Waals surface area (Å²) in [5.74, 6) is -0.402. The second-order valence-corrected chi connectivity index (χ2v) is 4.57. The van der Waals surface area contributed by atoms with Crippen LogP contribution in [0.2, 0.25) is 0 Å². The molecule has 2 rings (SSSR count). The Hall–Kier alpha value is -2.56. The minimum Gasteiger partial charge on any atom is -0.493 e. The SMILES string of the molecule is CCOc1cccc(N)c1C(=O)Nc1ccc(C)c(F)c1. The number of carbonyl (C=O) groups excluding carboxylic acids is 1. The van der Waals surface area contributed by atoms with Crippen LogP contribution in [0, 0.1) is 12.7 Å². The largest absolute Gasteiger partial charge is 0.493 e. The molecule has 0 aromatic heterocycles. The van der Waals surface area contributed by atoms with E-state index in [9.17, 15) is 9.18 Å². The highest BCUT2D eigenvalue weighted by molar-refractivity contribution is 6.09. The quantitative estimate of drug-likeness (QED) is 0.848. The third kappa shape index (κ3) is 3.31. The molecule has 0 aliphatic carbocycles. The van der Waals surface area contributed by atoms with Gasteiger partial charge in [-0.25, -0.2) is 4.39 Å². The number of nitrogens with two attached hydrogens (primary N) is 1. The number of aryl methyl sites for hydroxylation is 1. The summed E-state index contributed by atoms with van der Waals surface area (Å²) in [6.07, 6.45) is 0. The molecular weight excluding hydrogens is 271 g/mol. The number of carbonyl (C=O) groups is 1. The number of nitrogens with one attached hydrogen (secondary N) is 1. The van der Waals surface area contributed by atoms with Crippen molar-refractivity contribution in [1.82, 2.24) is 0 Å². The van der Waals surface area contributed by atoms with Crippen molar-refractivity contribution in [2.24, 2.45) is 0 Å². The molecule has 0 radical (unpaired) electrons. The molecule has 1 amide bonds. The van der Waals surface area contributed by atoms with E-state index in [4.69, 9.17) is 10.5 Å². The van der Waals surface area contributed by atoms with E-state index in [0.717, 1.165) is 0 Å². The summed E-state index contributed by atoms with van der Waals surface area (Å²) in [5.41, 5.74) is 7.29. The van der Waals surface area contributed by atoms with Gasteiger partial charge in [-0.1, -0.05) is 12.1 Å². The molecule has 21 heavy (non-hydrogen) atoms. The fourth-order valence-corrected chi connectivity index (χ4v) is 1.93. The lowest BCUT2D eigenvalue weighted by molar-refractivity contribution is 0.102. The van der Waals surface area contributed by atoms with Crippen LogP contribution in [0.1, 0.15) is 22.8 Å². The van der Waals surface area contributed by atoms with E-state index in [2.05, 4.69) is 5.32 Å². The first-order chi connectivity index (χ1) is 10.0. The summed E-state index contributed by atoms with van der Waals surface area (Å²) in [7, 11) is 0. The third-order valence-corrected chi connectivity index (χ3v) is 3.02. The Morgan fingerprint density at radius 2 is 2.10 bits per heavy atom. The smallest absolute Gasteiger partial charge is 0.261 e. The number of anilines is 2. The van der Waals surface area contributed by atoms with Gasteiger partial charge >= 0.3 is 0 Å². The molecule has 0 saturated heterocycles. The number of rotatable bonds is 4. The molecule has 2 aromatic carbocycles. The van der Waals surface area contributed by atoms with Crippen molar-refractivity contribution in [2.75, 3.05) is 17.7 Å². The molecule has 0 fully saturated rings. The standard InChI is InChI=1S/C16H17FN2O2/c1-3-21-14-6-4-5-13(18)15(14)16(20)19-11-8-7-10(2)12(17)9-11/h4-9H,3,18H2,1-2H3,(H,19,20). The van der Waals surface area contributed by atoms with E-state index in [-0.39, 0.29) is 11.4 Å². The average molecular weight is 288 g/mol. The van der Waals surface area contributed by atoms with Gasteiger partial charge in [-0.3, -0.25) is 4.79 Å². The Morgan fingerprint density at radius 3 is 2.76 bits per heavy atom. The fourth-order valence-electron chi connectivity index (χ4n) is 1.93. The number of hydrogen-bond donors (Lipinski definition) is 2. The van der Waals surface area contributed by atoms with Crippen LogP contribution < -0.4 is 15.8 Å². The van der Waals surface area contributed by atoms with Gasteiger partial charge in [0.2, 0.25) is 0 Å². The van der Waals surface area contributed by atoms with Gasteiger partial charge in [-0.15, -0.1) is 0 Å². The molecule has 0 spiro atoms. The third-order valence-electron chi connectivity index (χ3n) is 3.02. The summed E-state index contributed by atoms with van der Waals surface area (Å²) < 4.78 is 18.9. The van der Waals surface area contributed by atoms with Crippen LogP contribution in [-0.2, 0) is 0 Å². The molecular formula is C16H17FN2O2. The number of amides is 1. The Labute approximate surface area is 122 Å². The molecule has 3 N–H and O–H groups in total. The van der Waals surface area contributed by atoms with Crippen molar-refractivity contribution in [1.29, 1.82) is 0 Å². The molecule has 5 heteroatoms. The van der Waals surface area contributed by atoms with E-state index in [0.29, 0.717) is 29.3 Å². The summed E-state index contributed by atoms with van der Waals surface area (Å²) in [4.78, 5) is 12.3. The van der Waals surface area contributed by atoms with E-state index in [1.165, 1.54) is 6.07 Å². The molecule has 0 unspecified atom stereocenters. The predicted octanol–water partition coefficient (Wildman–Crippen LogP) is 3.37. The highest BCUT2D eigenvalue weighted by Crippen LogP contribution is 2.26. The lowest BCUT2D eigenvalue weighted by atomic mass is 10.1. The second-order valence-electron chi connectivity index (χ2n) is 4.57. The zero-order valence-electron chi connectivity index (χ0n) is 11.9. The van der Waals surface area contributed by atoms with Crippen LogP contribution in [-0.4, -0.2) is 12.5 Å². The van der Waals surface area contributed by atoms with Crippen LogP contribution >= 0.6 is 0 Å². The molecule has 0 heterocycles. The molecule has 0 saturated carbocycles. The van der Waals surface area contributed by atoms with Gasteiger partial charge in [0.05, 0.1) is 6.61 Å². The van der Waals surface area contributed by atoms with Crippen molar-refractivity contribution in [2.45, 2.75) is 13.8 Å². The zero-order valence-corrected chi connectivity index (χ0v) is 11.9. The second kappa shape index (κ2) is 6.26. The van der Waals surface area contributed by atoms with Crippen molar-refractivity contribution in [3.8, 4) is 5.75 Å². The van der Waals surface area contributed by atoms with Crippen LogP contribution in [0.25, 0.3) is 0 Å². The normalized spacial score (nSPS) is 10.2. The first-order valence-electron chi connectivity index (χ1n) is 6.61. The van der Waals surface area contributed by atoms with E-state index in [1.807, 2.05) is 6.92 Å². The maximum absolute atomic E-state index is 13.5. The van der Waals surface area contributed by atoms with Crippen molar-refractivity contribution in [3.05, 3.63) is 53.3 Å². The van der Waals surface area contributed by atoms with Crippen LogP contribution in [0.3, 0.4) is 0 Å². The number of halogens is 1. The maximum Gasteiger partial charge on any atom is 0.261 e. The number of nitrogen functional groups attached to an aromatic ring is 1. The minimum atomic E-state index is -0.431. The van der Waals surface area contributed by atoms with E-state index in [1.54, 1.807) is 37.3 Å². The van der Waals surface area contributed by atoms with E-state index >= 15 is 0 Å². The van der Waals surface area contributed by atoms with Gasteiger partial charge < -0.3 is 15.8 Å². The Balaban J connectivity index is 2.29.